The van der Waals surface area contributed by atoms with E-state index in [1.165, 1.54) is 24.4 Å². The number of pyridine rings is 1. The smallest absolute Gasteiger partial charge is 0.328 e. The van der Waals surface area contributed by atoms with Crippen molar-refractivity contribution in [3.8, 4) is 5.69 Å². The molecule has 0 amide bonds. The van der Waals surface area contributed by atoms with E-state index in [-0.39, 0.29) is 15.6 Å². The van der Waals surface area contributed by atoms with Gasteiger partial charge in [-0.1, -0.05) is 6.07 Å². The first-order chi connectivity index (χ1) is 15.9. The number of aromatic nitrogens is 3. The lowest BCUT2D eigenvalue weighted by molar-refractivity contribution is -0.134. The third kappa shape index (κ3) is 6.80. The largest absolute Gasteiger partial charge is 0.478 e. The van der Waals surface area contributed by atoms with E-state index in [1.54, 1.807) is 39.1 Å². The van der Waals surface area contributed by atoms with Crippen LogP contribution in [0.25, 0.3) is 5.69 Å². The topological polar surface area (TPSA) is 151 Å². The number of carboxylic acid groups (broad SMARTS) is 2. The zero-order valence-electron chi connectivity index (χ0n) is 18.6. The average Bonchev–Trinajstić information content (AvgIpc) is 3.19. The van der Waals surface area contributed by atoms with Crippen LogP contribution in [0.1, 0.15) is 17.0 Å². The molecule has 0 aliphatic heterocycles. The third-order valence-electron chi connectivity index (χ3n) is 4.25. The van der Waals surface area contributed by atoms with Gasteiger partial charge >= 0.3 is 11.9 Å². The number of benzene rings is 1. The Hall–Kier alpha value is -3.90. The van der Waals surface area contributed by atoms with E-state index in [4.69, 9.17) is 10.2 Å². The molecule has 12 heteroatoms. The zero-order valence-corrected chi connectivity index (χ0v) is 19.4. The molecule has 34 heavy (non-hydrogen) atoms. The lowest BCUT2D eigenvalue weighted by atomic mass is 10.2. The average molecular weight is 491 g/mol. The van der Waals surface area contributed by atoms with Crippen LogP contribution in [0.2, 0.25) is 0 Å². The summed E-state index contributed by atoms with van der Waals surface area (Å²) >= 11 is 0. The monoisotopic (exact) mass is 490 g/mol. The molecule has 3 rings (SSSR count). The summed E-state index contributed by atoms with van der Waals surface area (Å²) in [7, 11) is -2.19. The molecule has 0 spiro atoms. The molecule has 180 valence electrons. The minimum absolute atomic E-state index is 0.0355. The number of halogens is 1. The summed E-state index contributed by atoms with van der Waals surface area (Å²) in [5.41, 5.74) is 2.09. The van der Waals surface area contributed by atoms with Gasteiger partial charge in [0.1, 0.15) is 11.5 Å². The summed E-state index contributed by atoms with van der Waals surface area (Å²) in [5, 5.41) is 22.7. The van der Waals surface area contributed by atoms with Crippen LogP contribution in [-0.2, 0) is 26.0 Å². The number of nitrogens with zero attached hydrogens (tertiary/aromatic N) is 3. The van der Waals surface area contributed by atoms with Crippen LogP contribution in [0.3, 0.4) is 0 Å². The van der Waals surface area contributed by atoms with E-state index in [2.05, 4.69) is 15.4 Å². The summed E-state index contributed by atoms with van der Waals surface area (Å²) in [6.07, 6.45) is 2.41. The van der Waals surface area contributed by atoms with Gasteiger partial charge in [-0.2, -0.15) is 5.10 Å². The highest BCUT2D eigenvalue weighted by Crippen LogP contribution is 2.26. The predicted molar refractivity (Wildman–Crippen MR) is 120 cm³/mol. The minimum Gasteiger partial charge on any atom is -0.478 e. The summed E-state index contributed by atoms with van der Waals surface area (Å²) < 4.78 is 41.8. The first-order valence-corrected chi connectivity index (χ1v) is 11.3. The standard InChI is InChI=1S/C18H19FN4O2S.C4H4O4/c1-12-4-7-16(19)17(8-12)23-18(9-14(22-23)10-20-3)26(24,25)15-6-5-13(2)21-11-15;5-3(6)1-2-4(7)8/h4-9,11,20H,10H2,1-3H3;1-2H,(H,5,6)(H,7,8)/b;2-1+. The Balaban J connectivity index is 0.000000440. The minimum atomic E-state index is -3.92. The van der Waals surface area contributed by atoms with Gasteiger partial charge in [-0.3, -0.25) is 4.98 Å². The summed E-state index contributed by atoms with van der Waals surface area (Å²) in [4.78, 5) is 23.2. The Morgan fingerprint density at radius 3 is 2.26 bits per heavy atom. The van der Waals surface area contributed by atoms with E-state index in [0.29, 0.717) is 30.1 Å². The number of aliphatic carboxylic acids is 2. The summed E-state index contributed by atoms with van der Waals surface area (Å²) in [6.45, 7) is 3.93. The molecule has 0 aliphatic carbocycles. The van der Waals surface area contributed by atoms with Gasteiger partial charge in [-0.25, -0.2) is 27.1 Å². The second-order valence-corrected chi connectivity index (χ2v) is 8.92. The van der Waals surface area contributed by atoms with Crippen LogP contribution in [-0.4, -0.2) is 52.4 Å². The van der Waals surface area contributed by atoms with E-state index < -0.39 is 27.6 Å². The quantitative estimate of drug-likeness (QED) is 0.424. The van der Waals surface area contributed by atoms with Crippen molar-refractivity contribution in [2.75, 3.05) is 7.05 Å². The first kappa shape index (κ1) is 26.4. The van der Waals surface area contributed by atoms with E-state index >= 15 is 0 Å². The molecule has 3 N–H and O–H groups in total. The van der Waals surface area contributed by atoms with Crippen LogP contribution in [0.5, 0.6) is 0 Å². The molecule has 1 aromatic carbocycles. The van der Waals surface area contributed by atoms with E-state index in [0.717, 1.165) is 10.2 Å². The molecule has 3 aromatic rings. The van der Waals surface area contributed by atoms with Crippen molar-refractivity contribution < 1.29 is 32.6 Å². The molecule has 0 bridgehead atoms. The highest BCUT2D eigenvalue weighted by molar-refractivity contribution is 7.91. The second kappa shape index (κ2) is 11.3. The Bertz CT molecular complexity index is 1300. The predicted octanol–water partition coefficient (Wildman–Crippen LogP) is 2.29. The molecule has 10 nitrogen and oxygen atoms in total. The maximum Gasteiger partial charge on any atom is 0.328 e. The maximum absolute atomic E-state index is 14.4. The molecule has 0 saturated carbocycles. The van der Waals surface area contributed by atoms with Crippen LogP contribution in [0.4, 0.5) is 4.39 Å². The number of sulfone groups is 1. The van der Waals surface area contributed by atoms with Crippen LogP contribution < -0.4 is 5.32 Å². The number of carboxylic acids is 2. The van der Waals surface area contributed by atoms with Gasteiger partial charge in [0.25, 0.3) is 0 Å². The van der Waals surface area contributed by atoms with E-state index in [9.17, 15) is 22.4 Å². The van der Waals surface area contributed by atoms with Crippen molar-refractivity contribution in [1.82, 2.24) is 20.1 Å². The zero-order chi connectivity index (χ0) is 25.5. The highest BCUT2D eigenvalue weighted by atomic mass is 32.2. The Labute approximate surface area is 195 Å². The fourth-order valence-electron chi connectivity index (χ4n) is 2.70. The molecule has 0 saturated heterocycles. The van der Waals surface area contributed by atoms with E-state index in [1.807, 2.05) is 0 Å². The first-order valence-electron chi connectivity index (χ1n) is 9.77. The lowest BCUT2D eigenvalue weighted by Gasteiger charge is -2.10. The highest BCUT2D eigenvalue weighted by Gasteiger charge is 2.26. The number of nitrogens with one attached hydrogen (secondary N) is 1. The van der Waals surface area contributed by atoms with Gasteiger partial charge in [0.15, 0.2) is 5.03 Å². The molecule has 0 fully saturated rings. The fourth-order valence-corrected chi connectivity index (χ4v) is 4.04. The number of rotatable bonds is 7. The molecule has 0 atom stereocenters. The van der Waals surface area contributed by atoms with Crippen molar-refractivity contribution in [3.63, 3.8) is 0 Å². The normalized spacial score (nSPS) is 11.2. The molecular weight excluding hydrogens is 467 g/mol. The van der Waals surface area contributed by atoms with Crippen molar-refractivity contribution in [3.05, 3.63) is 77.5 Å². The van der Waals surface area contributed by atoms with Gasteiger partial charge in [-0.05, 0) is 50.7 Å². The Morgan fingerprint density at radius 2 is 1.74 bits per heavy atom. The maximum atomic E-state index is 14.4. The third-order valence-corrected chi connectivity index (χ3v) is 5.96. The number of carbonyl (C=O) groups is 2. The number of hydrogen-bond donors (Lipinski definition) is 3. The van der Waals surface area contributed by atoms with Crippen LogP contribution >= 0.6 is 0 Å². The molecule has 2 aromatic heterocycles. The molecule has 0 aliphatic rings. The molecule has 2 heterocycles. The number of aryl methyl sites for hydroxylation is 2. The van der Waals surface area contributed by atoms with Gasteiger partial charge in [0.2, 0.25) is 9.84 Å². The fraction of sp³-hybridized carbons (Fsp3) is 0.182. The van der Waals surface area contributed by atoms with Gasteiger partial charge in [0, 0.05) is 36.7 Å². The van der Waals surface area contributed by atoms with Crippen molar-refractivity contribution in [1.29, 1.82) is 0 Å². The van der Waals surface area contributed by atoms with Gasteiger partial charge in [-0.15, -0.1) is 0 Å². The SMILES string of the molecule is CNCc1cc(S(=O)(=O)c2ccc(C)nc2)n(-c2cc(C)ccc2F)n1.O=C(O)/C=C/C(=O)O. The molecule has 0 unspecified atom stereocenters. The van der Waals surface area contributed by atoms with Crippen molar-refractivity contribution in [2.45, 2.75) is 30.3 Å². The van der Waals surface area contributed by atoms with Crippen molar-refractivity contribution in [2.24, 2.45) is 0 Å². The summed E-state index contributed by atoms with van der Waals surface area (Å²) in [6, 6.07) is 9.04. The lowest BCUT2D eigenvalue weighted by Crippen LogP contribution is -2.12. The molecule has 0 radical (unpaired) electrons. The van der Waals surface area contributed by atoms with Crippen LogP contribution in [0.15, 0.2) is 64.7 Å². The van der Waals surface area contributed by atoms with Crippen molar-refractivity contribution >= 4 is 21.8 Å². The Kier molecular flexibility index (Phi) is 8.76. The number of hydrogen-bond acceptors (Lipinski definition) is 7. The Morgan fingerprint density at radius 1 is 1.09 bits per heavy atom. The van der Waals surface area contributed by atoms with Gasteiger partial charge in [0.05, 0.1) is 10.6 Å². The second-order valence-electron chi connectivity index (χ2n) is 7.02. The summed E-state index contributed by atoms with van der Waals surface area (Å²) in [5.74, 6) is -3.06. The van der Waals surface area contributed by atoms with Crippen LogP contribution in [0, 0.1) is 19.7 Å². The van der Waals surface area contributed by atoms with Gasteiger partial charge < -0.3 is 15.5 Å². The molecular formula is C22H23FN4O6S.